The Bertz CT molecular complexity index is 1020. The van der Waals surface area contributed by atoms with Crippen molar-refractivity contribution in [1.82, 2.24) is 4.98 Å². The molecule has 2 heterocycles. The summed E-state index contributed by atoms with van der Waals surface area (Å²) in [5.74, 6) is -0.364. The summed E-state index contributed by atoms with van der Waals surface area (Å²) >= 11 is 0. The summed E-state index contributed by atoms with van der Waals surface area (Å²) in [7, 11) is 0. The number of nitrogens with zero attached hydrogens (tertiary/aromatic N) is 1. The molecule has 4 rings (SSSR count). The molecule has 1 aliphatic heterocycles. The first-order valence-electron chi connectivity index (χ1n) is 9.00. The Morgan fingerprint density at radius 3 is 2.67 bits per heavy atom. The third-order valence-corrected chi connectivity index (χ3v) is 5.26. The van der Waals surface area contributed by atoms with E-state index in [2.05, 4.69) is 4.98 Å². The van der Waals surface area contributed by atoms with Crippen molar-refractivity contribution in [1.29, 1.82) is 0 Å². The molecule has 1 aromatic heterocycles. The Hall–Kier alpha value is -3.21. The highest BCUT2D eigenvalue weighted by molar-refractivity contribution is 6.08. The average molecular weight is 360 g/mol. The first-order valence-corrected chi connectivity index (χ1v) is 9.00. The third kappa shape index (κ3) is 2.95. The zero-order valence-corrected chi connectivity index (χ0v) is 15.0. The van der Waals surface area contributed by atoms with E-state index in [1.165, 1.54) is 0 Å². The molecular formula is C22H20N2O3. The number of cyclic esters (lactones) is 1. The summed E-state index contributed by atoms with van der Waals surface area (Å²) in [6.45, 7) is 1.88. The van der Waals surface area contributed by atoms with Crippen molar-refractivity contribution in [2.24, 2.45) is 10.9 Å². The van der Waals surface area contributed by atoms with Crippen LogP contribution in [0.5, 0.6) is 0 Å². The summed E-state index contributed by atoms with van der Waals surface area (Å²) in [5.41, 5.74) is 1.63. The minimum atomic E-state index is -1.11. The Balaban J connectivity index is 1.79. The van der Waals surface area contributed by atoms with Crippen molar-refractivity contribution in [3.05, 3.63) is 71.9 Å². The summed E-state index contributed by atoms with van der Waals surface area (Å²) in [6.07, 6.45) is 3.36. The molecule has 0 radical (unpaired) electrons. The lowest BCUT2D eigenvalue weighted by atomic mass is 9.79. The van der Waals surface area contributed by atoms with E-state index in [0.29, 0.717) is 12.3 Å². The standard InChI is InChI=1S/C22H20N2O3/c1-15(11-12-25)22(13-17-14-23-19-10-6-5-9-18(17)19)21(26)27-20(24-22)16-7-3-2-4-8-16/h2-10,12,14-15,23H,11,13H2,1H3/t15-,22+/m1/s1. The lowest BCUT2D eigenvalue weighted by Gasteiger charge is -2.27. The number of esters is 1. The summed E-state index contributed by atoms with van der Waals surface area (Å²) in [5, 5.41) is 1.05. The van der Waals surface area contributed by atoms with Crippen molar-refractivity contribution < 1.29 is 14.3 Å². The molecule has 0 saturated heterocycles. The Kier molecular flexibility index (Phi) is 4.36. The number of H-pyrrole nitrogens is 1. The molecule has 5 heteroatoms. The van der Waals surface area contributed by atoms with Gasteiger partial charge in [-0.2, -0.15) is 0 Å². The van der Waals surface area contributed by atoms with Gasteiger partial charge in [0.1, 0.15) is 6.29 Å². The molecule has 0 saturated carbocycles. The molecule has 1 aliphatic rings. The van der Waals surface area contributed by atoms with Crippen LogP contribution in [0.2, 0.25) is 0 Å². The topological polar surface area (TPSA) is 71.5 Å². The molecule has 0 unspecified atom stereocenters. The maximum absolute atomic E-state index is 13.0. The predicted octanol–water partition coefficient (Wildman–Crippen LogP) is 3.68. The van der Waals surface area contributed by atoms with Crippen LogP contribution in [-0.2, 0) is 20.7 Å². The monoisotopic (exact) mass is 360 g/mol. The van der Waals surface area contributed by atoms with Gasteiger partial charge in [-0.3, -0.25) is 0 Å². The minimum absolute atomic E-state index is 0.239. The number of aromatic amines is 1. The fourth-order valence-electron chi connectivity index (χ4n) is 3.63. The van der Waals surface area contributed by atoms with E-state index in [9.17, 15) is 9.59 Å². The first kappa shape index (κ1) is 17.2. The summed E-state index contributed by atoms with van der Waals surface area (Å²) in [4.78, 5) is 32.2. The van der Waals surface area contributed by atoms with E-state index < -0.39 is 11.5 Å². The van der Waals surface area contributed by atoms with Gasteiger partial charge in [0.2, 0.25) is 5.90 Å². The molecule has 0 fully saturated rings. The third-order valence-electron chi connectivity index (χ3n) is 5.26. The van der Waals surface area contributed by atoms with Gasteiger partial charge in [-0.15, -0.1) is 0 Å². The number of aromatic nitrogens is 1. The van der Waals surface area contributed by atoms with Crippen LogP contribution in [0.4, 0.5) is 0 Å². The van der Waals surface area contributed by atoms with Crippen LogP contribution in [0, 0.1) is 5.92 Å². The number of nitrogens with one attached hydrogen (secondary N) is 1. The van der Waals surface area contributed by atoms with Gasteiger partial charge in [0.25, 0.3) is 0 Å². The number of carbonyl (C=O) groups excluding carboxylic acids is 2. The van der Waals surface area contributed by atoms with E-state index in [-0.39, 0.29) is 12.3 Å². The SMILES string of the molecule is C[C@H](CC=O)[C@]1(Cc2c[nH]c3ccccc23)N=C(c2ccccc2)OC1=O. The number of rotatable bonds is 6. The zero-order chi connectivity index (χ0) is 18.9. The number of carbonyl (C=O) groups is 2. The number of fused-ring (bicyclic) bond motifs is 1. The fraction of sp³-hybridized carbons (Fsp3) is 0.227. The number of aliphatic imine (C=N–C) groups is 1. The molecule has 1 N–H and O–H groups in total. The molecule has 0 bridgehead atoms. The molecule has 5 nitrogen and oxygen atoms in total. The molecule has 136 valence electrons. The second-order valence-electron chi connectivity index (χ2n) is 6.94. The molecule has 3 aromatic rings. The highest BCUT2D eigenvalue weighted by atomic mass is 16.6. The second kappa shape index (κ2) is 6.83. The highest BCUT2D eigenvalue weighted by Crippen LogP contribution is 2.37. The zero-order valence-electron chi connectivity index (χ0n) is 15.0. The lowest BCUT2D eigenvalue weighted by molar-refractivity contribution is -0.140. The number of aldehydes is 1. The van der Waals surface area contributed by atoms with Gasteiger partial charge in [-0.05, 0) is 29.7 Å². The normalized spacial score (nSPS) is 20.3. The number of hydrogen-bond acceptors (Lipinski definition) is 4. The van der Waals surface area contributed by atoms with E-state index in [0.717, 1.165) is 28.3 Å². The maximum Gasteiger partial charge on any atom is 0.341 e. The van der Waals surface area contributed by atoms with E-state index >= 15 is 0 Å². The average Bonchev–Trinajstić information content (AvgIpc) is 3.25. The van der Waals surface area contributed by atoms with Crippen LogP contribution >= 0.6 is 0 Å². The Morgan fingerprint density at radius 1 is 1.15 bits per heavy atom. The minimum Gasteiger partial charge on any atom is -0.405 e. The Morgan fingerprint density at radius 2 is 1.89 bits per heavy atom. The van der Waals surface area contributed by atoms with Gasteiger partial charge in [0.05, 0.1) is 0 Å². The fourth-order valence-corrected chi connectivity index (χ4v) is 3.63. The van der Waals surface area contributed by atoms with Crippen LogP contribution in [0.1, 0.15) is 24.5 Å². The lowest BCUT2D eigenvalue weighted by Crippen LogP contribution is -2.43. The number of para-hydroxylation sites is 1. The van der Waals surface area contributed by atoms with Gasteiger partial charge in [0, 0.05) is 35.5 Å². The van der Waals surface area contributed by atoms with Crippen molar-refractivity contribution in [3.8, 4) is 0 Å². The van der Waals surface area contributed by atoms with Crippen LogP contribution in [0.25, 0.3) is 10.9 Å². The van der Waals surface area contributed by atoms with Crippen molar-refractivity contribution in [2.75, 3.05) is 0 Å². The molecule has 0 spiro atoms. The van der Waals surface area contributed by atoms with E-state index in [1.807, 2.05) is 67.7 Å². The maximum atomic E-state index is 13.0. The van der Waals surface area contributed by atoms with Gasteiger partial charge in [-0.1, -0.05) is 43.3 Å². The molecular weight excluding hydrogens is 340 g/mol. The van der Waals surface area contributed by atoms with Crippen molar-refractivity contribution >= 4 is 29.1 Å². The number of benzene rings is 2. The molecule has 0 aliphatic carbocycles. The van der Waals surface area contributed by atoms with E-state index in [1.54, 1.807) is 0 Å². The van der Waals surface area contributed by atoms with E-state index in [4.69, 9.17) is 9.73 Å². The van der Waals surface area contributed by atoms with Crippen LogP contribution in [-0.4, -0.2) is 28.7 Å². The quantitative estimate of drug-likeness (QED) is 0.538. The largest absolute Gasteiger partial charge is 0.405 e. The van der Waals surface area contributed by atoms with Crippen molar-refractivity contribution in [3.63, 3.8) is 0 Å². The van der Waals surface area contributed by atoms with Gasteiger partial charge in [0.15, 0.2) is 5.54 Å². The molecule has 0 amide bonds. The van der Waals surface area contributed by atoms with Crippen LogP contribution < -0.4 is 0 Å². The number of hydrogen-bond donors (Lipinski definition) is 1. The highest BCUT2D eigenvalue weighted by Gasteiger charge is 2.50. The predicted molar refractivity (Wildman–Crippen MR) is 104 cm³/mol. The van der Waals surface area contributed by atoms with Crippen LogP contribution in [0.15, 0.2) is 65.8 Å². The molecule has 27 heavy (non-hydrogen) atoms. The molecule has 2 aromatic carbocycles. The first-order chi connectivity index (χ1) is 13.1. The summed E-state index contributed by atoms with van der Waals surface area (Å²) < 4.78 is 5.58. The second-order valence-corrected chi connectivity index (χ2v) is 6.94. The van der Waals surface area contributed by atoms with Gasteiger partial charge < -0.3 is 14.5 Å². The van der Waals surface area contributed by atoms with Crippen LogP contribution in [0.3, 0.4) is 0 Å². The van der Waals surface area contributed by atoms with Gasteiger partial charge in [-0.25, -0.2) is 9.79 Å². The van der Waals surface area contributed by atoms with Crippen molar-refractivity contribution in [2.45, 2.75) is 25.3 Å². The molecule has 2 atom stereocenters. The smallest absolute Gasteiger partial charge is 0.341 e. The van der Waals surface area contributed by atoms with Gasteiger partial charge >= 0.3 is 5.97 Å². The summed E-state index contributed by atoms with van der Waals surface area (Å²) in [6, 6.07) is 17.3. The number of ether oxygens (including phenoxy) is 1. The Labute approximate surface area is 157 Å².